The third kappa shape index (κ3) is 2.45. The van der Waals surface area contributed by atoms with E-state index in [0.29, 0.717) is 0 Å². The summed E-state index contributed by atoms with van der Waals surface area (Å²) >= 11 is 0.768. The van der Waals surface area contributed by atoms with E-state index < -0.39 is 23.3 Å². The Morgan fingerprint density at radius 1 is 1.39 bits per heavy atom. The normalized spacial score (nSPS) is 10.6. The first-order valence-corrected chi connectivity index (χ1v) is 5.65. The molecule has 1 aromatic carbocycles. The first-order chi connectivity index (χ1) is 8.59. The lowest BCUT2D eigenvalue weighted by Crippen LogP contribution is -2.06. The highest BCUT2D eigenvalue weighted by Crippen LogP contribution is 2.22. The monoisotopic (exact) mass is 272 g/mol. The molecule has 6 nitrogen and oxygen atoms in total. The summed E-state index contributed by atoms with van der Waals surface area (Å²) in [6.45, 7) is 0. The number of hydrogen-bond acceptors (Lipinski definition) is 5. The molecule has 0 spiro atoms. The van der Waals surface area contributed by atoms with Gasteiger partial charge in [-0.15, -0.1) is 5.10 Å². The minimum atomic E-state index is -1.08. The van der Waals surface area contributed by atoms with Crippen molar-refractivity contribution < 1.29 is 18.7 Å². The highest BCUT2D eigenvalue weighted by Gasteiger charge is 2.17. The largest absolute Gasteiger partial charge is 0.481 e. The van der Waals surface area contributed by atoms with E-state index in [1.54, 1.807) is 0 Å². The number of halogens is 2. The molecule has 1 heterocycles. The van der Waals surface area contributed by atoms with Gasteiger partial charge in [-0.1, -0.05) is 17.8 Å². The quantitative estimate of drug-likeness (QED) is 0.840. The zero-order valence-electron chi connectivity index (χ0n) is 8.75. The number of thioether (sulfide) groups is 1. The van der Waals surface area contributed by atoms with E-state index in [-0.39, 0.29) is 10.9 Å². The molecule has 0 fully saturated rings. The lowest BCUT2D eigenvalue weighted by Gasteiger charge is -2.05. The Labute approximate surface area is 104 Å². The number of rotatable bonds is 4. The van der Waals surface area contributed by atoms with Crippen molar-refractivity contribution in [3.8, 4) is 5.69 Å². The smallest absolute Gasteiger partial charge is 0.313 e. The van der Waals surface area contributed by atoms with E-state index >= 15 is 0 Å². The number of hydrogen-bond donors (Lipinski definition) is 1. The van der Waals surface area contributed by atoms with Crippen LogP contribution in [0.25, 0.3) is 5.69 Å². The fourth-order valence-electron chi connectivity index (χ4n) is 1.23. The molecule has 0 saturated carbocycles. The first kappa shape index (κ1) is 12.4. The van der Waals surface area contributed by atoms with Gasteiger partial charge >= 0.3 is 5.97 Å². The number of nitrogens with zero attached hydrogens (tertiary/aromatic N) is 4. The summed E-state index contributed by atoms with van der Waals surface area (Å²) in [6, 6.07) is 3.33. The van der Waals surface area contributed by atoms with E-state index in [1.807, 2.05) is 0 Å². The van der Waals surface area contributed by atoms with Crippen LogP contribution in [0, 0.1) is 11.6 Å². The Morgan fingerprint density at radius 3 is 2.67 bits per heavy atom. The Balaban J connectivity index is 2.39. The van der Waals surface area contributed by atoms with Crippen molar-refractivity contribution in [1.29, 1.82) is 0 Å². The second-order valence-corrected chi connectivity index (χ2v) is 4.07. The summed E-state index contributed by atoms with van der Waals surface area (Å²) in [4.78, 5) is 10.4. The Kier molecular flexibility index (Phi) is 3.51. The Hall–Kier alpha value is -2.03. The van der Waals surface area contributed by atoms with Crippen LogP contribution in [-0.4, -0.2) is 37.0 Å². The van der Waals surface area contributed by atoms with Gasteiger partial charge in [0.2, 0.25) is 5.16 Å². The third-order valence-corrected chi connectivity index (χ3v) is 2.82. The van der Waals surface area contributed by atoms with Crippen molar-refractivity contribution in [3.05, 3.63) is 29.8 Å². The van der Waals surface area contributed by atoms with Gasteiger partial charge in [0.1, 0.15) is 5.69 Å². The predicted octanol–water partition coefficient (Wildman–Crippen LogP) is 1.12. The van der Waals surface area contributed by atoms with Crippen LogP contribution >= 0.6 is 11.8 Å². The van der Waals surface area contributed by atoms with Gasteiger partial charge in [-0.25, -0.2) is 8.78 Å². The number of aromatic nitrogens is 4. The van der Waals surface area contributed by atoms with Gasteiger partial charge in [0.25, 0.3) is 0 Å². The van der Waals surface area contributed by atoms with Crippen LogP contribution in [-0.2, 0) is 4.79 Å². The van der Waals surface area contributed by atoms with Crippen molar-refractivity contribution >= 4 is 17.7 Å². The van der Waals surface area contributed by atoms with Gasteiger partial charge in [-0.3, -0.25) is 4.79 Å². The van der Waals surface area contributed by atoms with Crippen LogP contribution in [0.2, 0.25) is 0 Å². The summed E-state index contributed by atoms with van der Waals surface area (Å²) in [5.41, 5.74) is -0.435. The van der Waals surface area contributed by atoms with E-state index in [1.165, 1.54) is 6.07 Å². The highest BCUT2D eigenvalue weighted by atomic mass is 32.2. The van der Waals surface area contributed by atoms with Crippen molar-refractivity contribution in [1.82, 2.24) is 20.2 Å². The lowest BCUT2D eigenvalue weighted by atomic mass is 10.3. The van der Waals surface area contributed by atoms with Gasteiger partial charge in [0.05, 0.1) is 5.75 Å². The molecule has 0 aliphatic rings. The molecule has 94 valence electrons. The third-order valence-electron chi connectivity index (χ3n) is 1.91. The lowest BCUT2D eigenvalue weighted by molar-refractivity contribution is -0.133. The SMILES string of the molecule is O=C(O)CSc1nnnn1-c1c(F)cccc1F. The maximum Gasteiger partial charge on any atom is 0.313 e. The molecule has 0 unspecified atom stereocenters. The van der Waals surface area contributed by atoms with Crippen LogP contribution in [0.5, 0.6) is 0 Å². The number of carboxylic acid groups (broad SMARTS) is 1. The molecule has 1 N–H and O–H groups in total. The maximum absolute atomic E-state index is 13.5. The molecule has 9 heteroatoms. The van der Waals surface area contributed by atoms with Gasteiger partial charge in [-0.2, -0.15) is 4.68 Å². The van der Waals surface area contributed by atoms with E-state index in [0.717, 1.165) is 28.6 Å². The number of benzene rings is 1. The summed E-state index contributed by atoms with van der Waals surface area (Å²) in [6.07, 6.45) is 0. The Bertz CT molecular complexity index is 569. The fourth-order valence-corrected chi connectivity index (χ4v) is 1.82. The average molecular weight is 272 g/mol. The van der Waals surface area contributed by atoms with Crippen LogP contribution in [0.1, 0.15) is 0 Å². The van der Waals surface area contributed by atoms with Gasteiger partial charge in [-0.05, 0) is 22.6 Å². The van der Waals surface area contributed by atoms with Gasteiger partial charge in [0, 0.05) is 0 Å². The molecule has 0 aliphatic carbocycles. The maximum atomic E-state index is 13.5. The number of carboxylic acids is 1. The molecule has 0 amide bonds. The van der Waals surface area contributed by atoms with Crippen LogP contribution in [0.3, 0.4) is 0 Å². The molecule has 0 radical (unpaired) electrons. The molecule has 0 atom stereocenters. The Morgan fingerprint density at radius 2 is 2.06 bits per heavy atom. The van der Waals surface area contributed by atoms with Crippen molar-refractivity contribution in [2.45, 2.75) is 5.16 Å². The molecule has 0 bridgehead atoms. The van der Waals surface area contributed by atoms with Crippen LogP contribution in [0.15, 0.2) is 23.4 Å². The summed E-state index contributed by atoms with van der Waals surface area (Å²) in [5, 5.41) is 18.8. The number of aliphatic carboxylic acids is 1. The summed E-state index contributed by atoms with van der Waals surface area (Å²) in [7, 11) is 0. The minimum Gasteiger partial charge on any atom is -0.481 e. The van der Waals surface area contributed by atoms with E-state index in [4.69, 9.17) is 5.11 Å². The van der Waals surface area contributed by atoms with Crippen LogP contribution in [0.4, 0.5) is 8.78 Å². The summed E-state index contributed by atoms with van der Waals surface area (Å²) in [5.74, 6) is -3.06. The predicted molar refractivity (Wildman–Crippen MR) is 57.4 cm³/mol. The molecule has 0 aliphatic heterocycles. The molecular weight excluding hydrogens is 266 g/mol. The van der Waals surface area contributed by atoms with Gasteiger partial charge < -0.3 is 5.11 Å². The molecule has 1 aromatic heterocycles. The number of para-hydroxylation sites is 1. The highest BCUT2D eigenvalue weighted by molar-refractivity contribution is 7.99. The standard InChI is InChI=1S/C9H6F2N4O2S/c10-5-2-1-3-6(11)8(5)15-9(12-13-14-15)18-4-7(16)17/h1-3H,4H2,(H,16,17). The van der Waals surface area contributed by atoms with Crippen molar-refractivity contribution in [2.24, 2.45) is 0 Å². The number of carbonyl (C=O) groups is 1. The van der Waals surface area contributed by atoms with E-state index in [2.05, 4.69) is 15.5 Å². The molecule has 2 rings (SSSR count). The zero-order chi connectivity index (χ0) is 13.1. The minimum absolute atomic E-state index is 0.00130. The second-order valence-electron chi connectivity index (χ2n) is 3.13. The molecule has 18 heavy (non-hydrogen) atoms. The fraction of sp³-hybridized carbons (Fsp3) is 0.111. The zero-order valence-corrected chi connectivity index (χ0v) is 9.56. The van der Waals surface area contributed by atoms with Crippen molar-refractivity contribution in [3.63, 3.8) is 0 Å². The molecule has 2 aromatic rings. The number of tetrazole rings is 1. The molecule has 0 saturated heterocycles. The van der Waals surface area contributed by atoms with Gasteiger partial charge in [0.15, 0.2) is 11.6 Å². The van der Waals surface area contributed by atoms with Crippen LogP contribution < -0.4 is 0 Å². The molecular formula is C9H6F2N4O2S. The second kappa shape index (κ2) is 5.08. The van der Waals surface area contributed by atoms with E-state index in [9.17, 15) is 13.6 Å². The summed E-state index contributed by atoms with van der Waals surface area (Å²) < 4.78 is 27.9. The average Bonchev–Trinajstić information content (AvgIpc) is 2.74. The topological polar surface area (TPSA) is 80.9 Å². The first-order valence-electron chi connectivity index (χ1n) is 4.67. The van der Waals surface area contributed by atoms with Crippen molar-refractivity contribution in [2.75, 3.05) is 5.75 Å².